The van der Waals surface area contributed by atoms with Crippen molar-refractivity contribution < 1.29 is 14.3 Å². The van der Waals surface area contributed by atoms with Crippen molar-refractivity contribution in [3.05, 3.63) is 12.2 Å². The van der Waals surface area contributed by atoms with E-state index in [1.54, 1.807) is 0 Å². The Morgan fingerprint density at radius 3 is 2.65 bits per heavy atom. The molecule has 0 aromatic carbocycles. The lowest BCUT2D eigenvalue weighted by atomic mass is 9.80. The third-order valence-electron chi connectivity index (χ3n) is 4.91. The Labute approximate surface area is 122 Å². The van der Waals surface area contributed by atoms with Crippen LogP contribution in [0.5, 0.6) is 0 Å². The SMILES string of the molecule is CC/C=C/[C@@H](C)C[C@]1(CC)C[C@@]2(CC)OC(=O)C[C@H]2O1. The molecule has 3 heteroatoms. The van der Waals surface area contributed by atoms with Crippen molar-refractivity contribution >= 4 is 5.97 Å². The second kappa shape index (κ2) is 5.88. The zero-order valence-electron chi connectivity index (χ0n) is 13.3. The van der Waals surface area contributed by atoms with Crippen molar-refractivity contribution in [3.8, 4) is 0 Å². The summed E-state index contributed by atoms with van der Waals surface area (Å²) in [6.07, 6.45) is 9.65. The number of hydrogen-bond acceptors (Lipinski definition) is 3. The van der Waals surface area contributed by atoms with Crippen LogP contribution in [0, 0.1) is 5.92 Å². The molecule has 2 rings (SSSR count). The lowest BCUT2D eigenvalue weighted by Crippen LogP contribution is -2.36. The zero-order valence-corrected chi connectivity index (χ0v) is 13.3. The molecule has 0 amide bonds. The monoisotopic (exact) mass is 280 g/mol. The van der Waals surface area contributed by atoms with Crippen LogP contribution in [0.15, 0.2) is 12.2 Å². The molecule has 0 spiro atoms. The molecule has 3 nitrogen and oxygen atoms in total. The fourth-order valence-corrected chi connectivity index (χ4v) is 3.78. The third-order valence-corrected chi connectivity index (χ3v) is 4.91. The highest BCUT2D eigenvalue weighted by Crippen LogP contribution is 2.51. The smallest absolute Gasteiger partial charge is 0.309 e. The molecule has 2 fully saturated rings. The summed E-state index contributed by atoms with van der Waals surface area (Å²) >= 11 is 0. The van der Waals surface area contributed by atoms with Gasteiger partial charge >= 0.3 is 5.97 Å². The maximum atomic E-state index is 11.6. The van der Waals surface area contributed by atoms with E-state index in [1.165, 1.54) is 0 Å². The minimum absolute atomic E-state index is 0.0395. The summed E-state index contributed by atoms with van der Waals surface area (Å²) in [6.45, 7) is 8.68. The predicted molar refractivity (Wildman–Crippen MR) is 79.5 cm³/mol. The fourth-order valence-electron chi connectivity index (χ4n) is 3.78. The molecule has 2 saturated heterocycles. The van der Waals surface area contributed by atoms with E-state index in [1.807, 2.05) is 0 Å². The first-order valence-corrected chi connectivity index (χ1v) is 8.05. The van der Waals surface area contributed by atoms with Gasteiger partial charge in [0, 0.05) is 6.42 Å². The number of rotatable bonds is 6. The molecule has 2 aliphatic rings. The van der Waals surface area contributed by atoms with Gasteiger partial charge in [-0.2, -0.15) is 0 Å². The van der Waals surface area contributed by atoms with Crippen molar-refractivity contribution in [1.29, 1.82) is 0 Å². The number of fused-ring (bicyclic) bond motifs is 1. The minimum atomic E-state index is -0.360. The minimum Gasteiger partial charge on any atom is -0.456 e. The Bertz CT molecular complexity index is 390. The summed E-state index contributed by atoms with van der Waals surface area (Å²) < 4.78 is 12.0. The van der Waals surface area contributed by atoms with E-state index in [2.05, 4.69) is 39.8 Å². The van der Waals surface area contributed by atoms with Gasteiger partial charge in [-0.05, 0) is 31.6 Å². The highest BCUT2D eigenvalue weighted by molar-refractivity contribution is 5.73. The highest BCUT2D eigenvalue weighted by Gasteiger charge is 2.60. The Balaban J connectivity index is 2.11. The number of ether oxygens (including phenoxy) is 2. The van der Waals surface area contributed by atoms with Crippen molar-refractivity contribution in [1.82, 2.24) is 0 Å². The molecule has 0 N–H and O–H groups in total. The molecule has 0 bridgehead atoms. The Hall–Kier alpha value is -0.830. The molecular weight excluding hydrogens is 252 g/mol. The van der Waals surface area contributed by atoms with Gasteiger partial charge in [-0.3, -0.25) is 4.79 Å². The molecular formula is C17H28O3. The first-order valence-electron chi connectivity index (χ1n) is 8.05. The van der Waals surface area contributed by atoms with E-state index in [-0.39, 0.29) is 23.3 Å². The van der Waals surface area contributed by atoms with Crippen LogP contribution in [-0.4, -0.2) is 23.3 Å². The summed E-state index contributed by atoms with van der Waals surface area (Å²) in [5, 5.41) is 0. The number of esters is 1. The number of carbonyl (C=O) groups excluding carboxylic acids is 1. The van der Waals surface area contributed by atoms with Gasteiger partial charge in [0.2, 0.25) is 0 Å². The van der Waals surface area contributed by atoms with Crippen molar-refractivity contribution in [2.75, 3.05) is 0 Å². The molecule has 2 heterocycles. The van der Waals surface area contributed by atoms with Crippen LogP contribution in [0.1, 0.15) is 66.2 Å². The standard InChI is InChI=1S/C17H28O3/c1-5-8-9-13(4)11-16(6-2)12-17(7-3)14(19-16)10-15(18)20-17/h8-9,13-14H,5-7,10-12H2,1-4H3/b9-8+/t13-,14-,16-,17-/m1/s1. The van der Waals surface area contributed by atoms with Crippen LogP contribution in [0.2, 0.25) is 0 Å². The average Bonchev–Trinajstić information content (AvgIpc) is 2.86. The van der Waals surface area contributed by atoms with Gasteiger partial charge in [-0.15, -0.1) is 0 Å². The first-order chi connectivity index (χ1) is 9.49. The van der Waals surface area contributed by atoms with Crippen molar-refractivity contribution in [2.24, 2.45) is 5.92 Å². The highest BCUT2D eigenvalue weighted by atomic mass is 16.6. The van der Waals surface area contributed by atoms with Crippen LogP contribution in [0.25, 0.3) is 0 Å². The van der Waals surface area contributed by atoms with Gasteiger partial charge in [0.1, 0.15) is 11.7 Å². The third kappa shape index (κ3) is 2.78. The second-order valence-corrected chi connectivity index (χ2v) is 6.43. The normalized spacial score (nSPS) is 38.2. The number of hydrogen-bond donors (Lipinski definition) is 0. The van der Waals surface area contributed by atoms with Gasteiger partial charge in [-0.25, -0.2) is 0 Å². The first kappa shape index (κ1) is 15.6. The van der Waals surface area contributed by atoms with E-state index in [0.717, 1.165) is 32.1 Å². The van der Waals surface area contributed by atoms with Gasteiger partial charge in [0.05, 0.1) is 12.0 Å². The predicted octanol–water partition coefficient (Wildman–Crippen LogP) is 4.01. The lowest BCUT2D eigenvalue weighted by molar-refractivity contribution is -0.149. The maximum Gasteiger partial charge on any atom is 0.309 e. The molecule has 0 aromatic rings. The van der Waals surface area contributed by atoms with Crippen molar-refractivity contribution in [3.63, 3.8) is 0 Å². The van der Waals surface area contributed by atoms with Crippen LogP contribution in [0.3, 0.4) is 0 Å². The maximum absolute atomic E-state index is 11.6. The molecule has 4 atom stereocenters. The van der Waals surface area contributed by atoms with Crippen LogP contribution < -0.4 is 0 Å². The summed E-state index contributed by atoms with van der Waals surface area (Å²) in [5.74, 6) is 0.402. The summed E-state index contributed by atoms with van der Waals surface area (Å²) in [4.78, 5) is 11.6. The quantitative estimate of drug-likeness (QED) is 0.544. The van der Waals surface area contributed by atoms with E-state index in [0.29, 0.717) is 12.3 Å². The van der Waals surface area contributed by atoms with Crippen LogP contribution >= 0.6 is 0 Å². The second-order valence-electron chi connectivity index (χ2n) is 6.43. The largest absolute Gasteiger partial charge is 0.456 e. The Morgan fingerprint density at radius 1 is 1.35 bits per heavy atom. The average molecular weight is 280 g/mol. The molecule has 0 aliphatic carbocycles. The summed E-state index contributed by atoms with van der Waals surface area (Å²) in [7, 11) is 0. The molecule has 0 radical (unpaired) electrons. The molecule has 0 saturated carbocycles. The topological polar surface area (TPSA) is 35.5 Å². The van der Waals surface area contributed by atoms with Crippen molar-refractivity contribution in [2.45, 2.75) is 83.5 Å². The summed E-state index contributed by atoms with van der Waals surface area (Å²) in [6, 6.07) is 0. The number of carbonyl (C=O) groups is 1. The lowest BCUT2D eigenvalue weighted by Gasteiger charge is -2.31. The van der Waals surface area contributed by atoms with Gasteiger partial charge in [0.25, 0.3) is 0 Å². The van der Waals surface area contributed by atoms with Crippen LogP contribution in [0.4, 0.5) is 0 Å². The molecule has 114 valence electrons. The Kier molecular flexibility index (Phi) is 4.58. The zero-order chi connectivity index (χ0) is 14.8. The van der Waals surface area contributed by atoms with E-state index in [9.17, 15) is 4.79 Å². The summed E-state index contributed by atoms with van der Waals surface area (Å²) in [5.41, 5.74) is -0.486. The Morgan fingerprint density at radius 2 is 2.10 bits per heavy atom. The molecule has 0 unspecified atom stereocenters. The molecule has 20 heavy (non-hydrogen) atoms. The van der Waals surface area contributed by atoms with Crippen LogP contribution in [-0.2, 0) is 14.3 Å². The molecule has 2 aliphatic heterocycles. The van der Waals surface area contributed by atoms with Gasteiger partial charge in [0.15, 0.2) is 0 Å². The van der Waals surface area contributed by atoms with E-state index in [4.69, 9.17) is 9.47 Å². The fraction of sp³-hybridized carbons (Fsp3) is 0.824. The van der Waals surface area contributed by atoms with E-state index < -0.39 is 0 Å². The number of allylic oxidation sites excluding steroid dienone is 2. The molecule has 0 aromatic heterocycles. The van der Waals surface area contributed by atoms with E-state index >= 15 is 0 Å². The van der Waals surface area contributed by atoms with Gasteiger partial charge in [-0.1, -0.05) is 39.8 Å². The van der Waals surface area contributed by atoms with Gasteiger partial charge < -0.3 is 9.47 Å².